The number of hydrogen-bond donors (Lipinski definition) is 0. The Kier molecular flexibility index (Phi) is 20.4. The van der Waals surface area contributed by atoms with Crippen LogP contribution in [0.25, 0.3) is 0 Å². The largest absolute Gasteiger partial charge is 0.469 e. The van der Waals surface area contributed by atoms with Crippen molar-refractivity contribution in [2.24, 2.45) is 0 Å². The summed E-state index contributed by atoms with van der Waals surface area (Å²) >= 11 is 0. The van der Waals surface area contributed by atoms with Gasteiger partial charge in [0.15, 0.2) is 0 Å². The molecule has 0 N–H and O–H groups in total. The molecular weight excluding hydrogens is 340 g/mol. The second-order valence-electron chi connectivity index (χ2n) is 7.60. The van der Waals surface area contributed by atoms with Gasteiger partial charge in [-0.25, -0.2) is 0 Å². The normalized spacial score (nSPS) is 10.7. The summed E-state index contributed by atoms with van der Waals surface area (Å²) in [6.07, 6.45) is 20.1. The first-order valence-corrected chi connectivity index (χ1v) is 11.4. The molecule has 0 aliphatic rings. The summed E-state index contributed by atoms with van der Waals surface area (Å²) in [4.78, 5) is 22.6. The van der Waals surface area contributed by atoms with E-state index in [2.05, 4.69) is 11.7 Å². The van der Waals surface area contributed by atoms with Gasteiger partial charge in [-0.2, -0.15) is 0 Å². The summed E-state index contributed by atoms with van der Waals surface area (Å²) in [7, 11) is 1.43. The number of rotatable bonds is 20. The van der Waals surface area contributed by atoms with E-state index in [1.165, 1.54) is 64.9 Å². The van der Waals surface area contributed by atoms with Crippen LogP contribution < -0.4 is 0 Å². The molecule has 0 aliphatic heterocycles. The van der Waals surface area contributed by atoms with Crippen molar-refractivity contribution >= 4 is 11.9 Å². The van der Waals surface area contributed by atoms with Crippen molar-refractivity contribution in [2.45, 2.75) is 122 Å². The van der Waals surface area contributed by atoms with E-state index in [0.29, 0.717) is 19.4 Å². The fourth-order valence-corrected chi connectivity index (χ4v) is 3.20. The third-order valence-electron chi connectivity index (χ3n) is 5.00. The number of hydrogen-bond acceptors (Lipinski definition) is 4. The minimum Gasteiger partial charge on any atom is -0.469 e. The van der Waals surface area contributed by atoms with E-state index < -0.39 is 0 Å². The van der Waals surface area contributed by atoms with Gasteiger partial charge in [-0.05, 0) is 19.3 Å². The molecule has 0 radical (unpaired) electrons. The van der Waals surface area contributed by atoms with Crippen molar-refractivity contribution in [3.8, 4) is 0 Å². The Morgan fingerprint density at radius 1 is 0.556 bits per heavy atom. The Bertz CT molecular complexity index is 341. The van der Waals surface area contributed by atoms with Crippen molar-refractivity contribution in [1.29, 1.82) is 0 Å². The van der Waals surface area contributed by atoms with Crippen LogP contribution in [-0.4, -0.2) is 25.7 Å². The van der Waals surface area contributed by atoms with Gasteiger partial charge in [0.1, 0.15) is 0 Å². The fourth-order valence-electron chi connectivity index (χ4n) is 3.20. The highest BCUT2D eigenvalue weighted by molar-refractivity contribution is 5.69. The molecule has 0 rings (SSSR count). The van der Waals surface area contributed by atoms with Crippen LogP contribution >= 0.6 is 0 Å². The smallest absolute Gasteiger partial charge is 0.305 e. The quantitative estimate of drug-likeness (QED) is 0.172. The third-order valence-corrected chi connectivity index (χ3v) is 5.00. The molecule has 4 heteroatoms. The van der Waals surface area contributed by atoms with Gasteiger partial charge in [0.2, 0.25) is 0 Å². The van der Waals surface area contributed by atoms with Crippen LogP contribution in [0.15, 0.2) is 0 Å². The Balaban J connectivity index is 3.19. The first kappa shape index (κ1) is 25.9. The lowest BCUT2D eigenvalue weighted by Crippen LogP contribution is -2.05. The molecule has 0 bridgehead atoms. The lowest BCUT2D eigenvalue weighted by molar-refractivity contribution is -0.144. The van der Waals surface area contributed by atoms with Crippen molar-refractivity contribution in [2.75, 3.05) is 13.7 Å². The molecule has 27 heavy (non-hydrogen) atoms. The zero-order valence-corrected chi connectivity index (χ0v) is 18.1. The zero-order chi connectivity index (χ0) is 20.0. The molecule has 0 saturated carbocycles. The van der Waals surface area contributed by atoms with Crippen LogP contribution in [0.5, 0.6) is 0 Å². The van der Waals surface area contributed by atoms with Gasteiger partial charge in [-0.15, -0.1) is 0 Å². The number of methoxy groups -OCH3 is 1. The maximum absolute atomic E-state index is 11.7. The second-order valence-corrected chi connectivity index (χ2v) is 7.60. The average Bonchev–Trinajstić information content (AvgIpc) is 2.67. The molecule has 0 spiro atoms. The van der Waals surface area contributed by atoms with Crippen LogP contribution in [0.4, 0.5) is 0 Å². The average molecular weight is 385 g/mol. The summed E-state index contributed by atoms with van der Waals surface area (Å²) in [6, 6.07) is 0. The van der Waals surface area contributed by atoms with E-state index >= 15 is 0 Å². The number of unbranched alkanes of at least 4 members (excludes halogenated alkanes) is 14. The highest BCUT2D eigenvalue weighted by Gasteiger charge is 2.03. The van der Waals surface area contributed by atoms with E-state index in [4.69, 9.17) is 4.74 Å². The predicted molar refractivity (Wildman–Crippen MR) is 112 cm³/mol. The summed E-state index contributed by atoms with van der Waals surface area (Å²) in [5.74, 6) is -0.149. The first-order valence-electron chi connectivity index (χ1n) is 11.4. The van der Waals surface area contributed by atoms with Crippen LogP contribution in [0.1, 0.15) is 122 Å². The SMILES string of the molecule is CCCCCCCCCCCOC(=O)CCCCCCCCCC(=O)OC. The molecule has 160 valence electrons. The van der Waals surface area contributed by atoms with Gasteiger partial charge < -0.3 is 9.47 Å². The lowest BCUT2D eigenvalue weighted by Gasteiger charge is -2.05. The Morgan fingerprint density at radius 3 is 1.44 bits per heavy atom. The van der Waals surface area contributed by atoms with Crippen molar-refractivity contribution in [3.63, 3.8) is 0 Å². The van der Waals surface area contributed by atoms with Crippen LogP contribution in [0, 0.1) is 0 Å². The molecule has 4 nitrogen and oxygen atoms in total. The molecule has 0 aromatic rings. The monoisotopic (exact) mass is 384 g/mol. The fraction of sp³-hybridized carbons (Fsp3) is 0.913. The topological polar surface area (TPSA) is 52.6 Å². The Hall–Kier alpha value is -1.06. The van der Waals surface area contributed by atoms with E-state index in [1.54, 1.807) is 0 Å². The van der Waals surface area contributed by atoms with E-state index in [9.17, 15) is 9.59 Å². The maximum Gasteiger partial charge on any atom is 0.305 e. The third kappa shape index (κ3) is 21.1. The maximum atomic E-state index is 11.7. The molecule has 0 aromatic heterocycles. The molecule has 0 fully saturated rings. The minimum atomic E-state index is -0.115. The Labute approximate surface area is 167 Å². The highest BCUT2D eigenvalue weighted by atomic mass is 16.5. The molecule has 0 aromatic carbocycles. The number of carbonyl (C=O) groups is 2. The second kappa shape index (κ2) is 21.2. The van der Waals surface area contributed by atoms with Gasteiger partial charge in [-0.3, -0.25) is 9.59 Å². The molecule has 0 heterocycles. The summed E-state index contributed by atoms with van der Waals surface area (Å²) in [5.41, 5.74) is 0. The van der Waals surface area contributed by atoms with Crippen LogP contribution in [0.2, 0.25) is 0 Å². The summed E-state index contributed by atoms with van der Waals surface area (Å²) in [5, 5.41) is 0. The summed E-state index contributed by atoms with van der Waals surface area (Å²) in [6.45, 7) is 2.84. The van der Waals surface area contributed by atoms with Crippen LogP contribution in [0.3, 0.4) is 0 Å². The van der Waals surface area contributed by atoms with Gasteiger partial charge >= 0.3 is 11.9 Å². The van der Waals surface area contributed by atoms with E-state index in [-0.39, 0.29) is 11.9 Å². The first-order chi connectivity index (χ1) is 13.2. The lowest BCUT2D eigenvalue weighted by atomic mass is 10.1. The number of esters is 2. The number of carbonyl (C=O) groups excluding carboxylic acids is 2. The van der Waals surface area contributed by atoms with Crippen molar-refractivity contribution in [1.82, 2.24) is 0 Å². The zero-order valence-electron chi connectivity index (χ0n) is 18.1. The van der Waals surface area contributed by atoms with Gasteiger partial charge in [0.25, 0.3) is 0 Å². The Morgan fingerprint density at radius 2 is 0.963 bits per heavy atom. The van der Waals surface area contributed by atoms with E-state index in [0.717, 1.165) is 44.9 Å². The molecule has 0 unspecified atom stereocenters. The van der Waals surface area contributed by atoms with E-state index in [1.807, 2.05) is 0 Å². The molecule has 0 aliphatic carbocycles. The van der Waals surface area contributed by atoms with Crippen molar-refractivity contribution in [3.05, 3.63) is 0 Å². The molecule has 0 atom stereocenters. The summed E-state index contributed by atoms with van der Waals surface area (Å²) < 4.78 is 9.93. The van der Waals surface area contributed by atoms with Gasteiger partial charge in [0, 0.05) is 12.8 Å². The molecular formula is C23H44O4. The highest BCUT2D eigenvalue weighted by Crippen LogP contribution is 2.11. The standard InChI is InChI=1S/C23H44O4/c1-3-4-5-6-7-8-12-15-18-21-27-23(25)20-17-14-11-9-10-13-16-19-22(24)26-2/h3-21H2,1-2H3. The minimum absolute atomic E-state index is 0.0346. The predicted octanol–water partition coefficient (Wildman–Crippen LogP) is 6.74. The molecule has 0 saturated heterocycles. The van der Waals surface area contributed by atoms with Gasteiger partial charge in [-0.1, -0.05) is 90.4 Å². The van der Waals surface area contributed by atoms with Crippen LogP contribution in [-0.2, 0) is 19.1 Å². The number of ether oxygens (including phenoxy) is 2. The van der Waals surface area contributed by atoms with Crippen molar-refractivity contribution < 1.29 is 19.1 Å². The van der Waals surface area contributed by atoms with Gasteiger partial charge in [0.05, 0.1) is 13.7 Å². The molecule has 0 amide bonds.